The Morgan fingerprint density at radius 2 is 1.94 bits per heavy atom. The number of esters is 1. The first-order valence-electron chi connectivity index (χ1n) is 5.30. The normalized spacial score (nSPS) is 14.5. The summed E-state index contributed by atoms with van der Waals surface area (Å²) in [5.41, 5.74) is -1.20. The fourth-order valence-corrected chi connectivity index (χ4v) is 1.46. The summed E-state index contributed by atoms with van der Waals surface area (Å²) in [5.74, 6) is -0.435. The average Bonchev–Trinajstić information content (AvgIpc) is 2.16. The molecule has 1 unspecified atom stereocenters. The third kappa shape index (κ3) is 5.05. The van der Waals surface area contributed by atoms with E-state index < -0.39 is 17.0 Å². The Morgan fingerprint density at radius 1 is 1.38 bits per heavy atom. The fourth-order valence-electron chi connectivity index (χ4n) is 1.46. The predicted molar refractivity (Wildman–Crippen MR) is 66.1 cm³/mol. The van der Waals surface area contributed by atoms with E-state index >= 15 is 0 Å². The van der Waals surface area contributed by atoms with Crippen molar-refractivity contribution < 1.29 is 14.3 Å². The third-order valence-corrected chi connectivity index (χ3v) is 2.24. The van der Waals surface area contributed by atoms with E-state index in [1.807, 2.05) is 35.0 Å². The van der Waals surface area contributed by atoms with Crippen molar-refractivity contribution in [3.8, 4) is 0 Å². The molecule has 0 amide bonds. The summed E-state index contributed by atoms with van der Waals surface area (Å²) in [6.07, 6.45) is 3.20. The smallest absolute Gasteiger partial charge is 0.329 e. The first kappa shape index (κ1) is 14.8. The molecule has 0 heterocycles. The van der Waals surface area contributed by atoms with Crippen LogP contribution in [0, 0.1) is 0 Å². The van der Waals surface area contributed by atoms with Gasteiger partial charge in [-0.15, -0.1) is 0 Å². The zero-order chi connectivity index (χ0) is 12.8. The number of ether oxygens (including phenoxy) is 2. The number of hydrogen-bond donors (Lipinski definition) is 0. The molecule has 0 aromatic rings. The Morgan fingerprint density at radius 3 is 2.31 bits per heavy atom. The number of rotatable bonds is 7. The molecule has 89 valence electrons. The van der Waals surface area contributed by atoms with Crippen LogP contribution in [0.15, 0.2) is 25.5 Å². The van der Waals surface area contributed by atoms with E-state index in [1.165, 1.54) is 6.26 Å². The summed E-state index contributed by atoms with van der Waals surface area (Å²) in [4.78, 5) is 11.2. The first-order valence-corrected chi connectivity index (χ1v) is 5.30. The molecule has 0 N–H and O–H groups in total. The molecule has 0 aliphatic rings. The molecule has 0 aliphatic carbocycles. The standard InChI is InChI=1S/C12H20BO3/c1-7-10(14)16-12(6,8-2)13-11(4,5)15-9-3/h7,9H,1,3,8H2,2,4-6H3. The van der Waals surface area contributed by atoms with Gasteiger partial charge in [0.05, 0.1) is 17.3 Å². The molecule has 0 saturated carbocycles. The van der Waals surface area contributed by atoms with Crippen molar-refractivity contribution >= 4 is 13.2 Å². The Balaban J connectivity index is 4.64. The highest BCUT2D eigenvalue weighted by Gasteiger charge is 2.36. The van der Waals surface area contributed by atoms with Gasteiger partial charge in [-0.3, -0.25) is 0 Å². The van der Waals surface area contributed by atoms with Gasteiger partial charge in [-0.1, -0.05) is 20.1 Å². The molecule has 0 bridgehead atoms. The van der Waals surface area contributed by atoms with Crippen molar-refractivity contribution in [1.29, 1.82) is 0 Å². The molecular formula is C12H20BO3. The zero-order valence-electron chi connectivity index (χ0n) is 10.6. The van der Waals surface area contributed by atoms with E-state index in [9.17, 15) is 4.79 Å². The predicted octanol–water partition coefficient (Wildman–Crippen LogP) is 2.44. The van der Waals surface area contributed by atoms with Crippen LogP contribution in [0.25, 0.3) is 0 Å². The van der Waals surface area contributed by atoms with Gasteiger partial charge in [-0.05, 0) is 27.2 Å². The van der Waals surface area contributed by atoms with E-state index in [4.69, 9.17) is 9.47 Å². The molecule has 4 heteroatoms. The summed E-state index contributed by atoms with van der Waals surface area (Å²) in [5, 5.41) is 0. The molecule has 0 aromatic heterocycles. The van der Waals surface area contributed by atoms with E-state index in [0.29, 0.717) is 6.42 Å². The molecule has 0 spiro atoms. The fraction of sp³-hybridized carbons (Fsp3) is 0.583. The second-order valence-electron chi connectivity index (χ2n) is 4.32. The molecule has 0 aromatic carbocycles. The number of carbonyl (C=O) groups is 1. The summed E-state index contributed by atoms with van der Waals surface area (Å²) in [6.45, 7) is 14.4. The molecule has 1 radical (unpaired) electrons. The highest BCUT2D eigenvalue weighted by atomic mass is 16.6. The Bertz CT molecular complexity index is 273. The van der Waals surface area contributed by atoms with E-state index in [-0.39, 0.29) is 0 Å². The zero-order valence-corrected chi connectivity index (χ0v) is 10.6. The molecule has 1 atom stereocenters. The molecule has 0 saturated heterocycles. The van der Waals surface area contributed by atoms with Crippen molar-refractivity contribution in [2.75, 3.05) is 0 Å². The van der Waals surface area contributed by atoms with Gasteiger partial charge in [0, 0.05) is 6.08 Å². The number of carbonyl (C=O) groups excluding carboxylic acids is 1. The minimum atomic E-state index is -0.669. The largest absolute Gasteiger partial charge is 0.505 e. The van der Waals surface area contributed by atoms with Crippen molar-refractivity contribution in [2.45, 2.75) is 45.1 Å². The van der Waals surface area contributed by atoms with Crippen LogP contribution in [0.5, 0.6) is 0 Å². The summed E-state index contributed by atoms with van der Waals surface area (Å²) in [7, 11) is 1.85. The van der Waals surface area contributed by atoms with Crippen molar-refractivity contribution in [1.82, 2.24) is 0 Å². The number of hydrogen-bond acceptors (Lipinski definition) is 3. The molecule has 0 aliphatic heterocycles. The van der Waals surface area contributed by atoms with Crippen molar-refractivity contribution in [3.63, 3.8) is 0 Å². The van der Waals surface area contributed by atoms with Gasteiger partial charge in [-0.25, -0.2) is 4.79 Å². The SMILES string of the molecule is C=COC(C)(C)[B]C(C)(CC)OC(=O)C=C. The van der Waals surface area contributed by atoms with Crippen LogP contribution in [-0.4, -0.2) is 24.2 Å². The Labute approximate surface area is 98.8 Å². The van der Waals surface area contributed by atoms with Crippen molar-refractivity contribution in [3.05, 3.63) is 25.5 Å². The average molecular weight is 223 g/mol. The minimum absolute atomic E-state index is 0.435. The monoisotopic (exact) mass is 223 g/mol. The van der Waals surface area contributed by atoms with Crippen LogP contribution in [0.3, 0.4) is 0 Å². The lowest BCUT2D eigenvalue weighted by Gasteiger charge is -2.34. The summed E-state index contributed by atoms with van der Waals surface area (Å²) in [6, 6.07) is 0. The summed E-state index contributed by atoms with van der Waals surface area (Å²) >= 11 is 0. The molecular weight excluding hydrogens is 203 g/mol. The van der Waals surface area contributed by atoms with Crippen LogP contribution >= 0.6 is 0 Å². The Kier molecular flexibility index (Phi) is 5.35. The van der Waals surface area contributed by atoms with Crippen LogP contribution in [0.1, 0.15) is 34.1 Å². The second kappa shape index (κ2) is 5.78. The molecule has 0 rings (SSSR count). The molecule has 0 fully saturated rings. The highest BCUT2D eigenvalue weighted by Crippen LogP contribution is 2.21. The Hall–Kier alpha value is -1.19. The van der Waals surface area contributed by atoms with E-state index in [1.54, 1.807) is 0 Å². The quantitative estimate of drug-likeness (QED) is 0.288. The van der Waals surface area contributed by atoms with Gasteiger partial charge in [0.2, 0.25) is 7.28 Å². The van der Waals surface area contributed by atoms with Crippen LogP contribution in [0.2, 0.25) is 0 Å². The van der Waals surface area contributed by atoms with Crippen LogP contribution < -0.4 is 0 Å². The summed E-state index contributed by atoms with van der Waals surface area (Å²) < 4.78 is 10.6. The van der Waals surface area contributed by atoms with Gasteiger partial charge < -0.3 is 9.47 Å². The highest BCUT2D eigenvalue weighted by molar-refractivity contribution is 6.43. The molecule has 16 heavy (non-hydrogen) atoms. The van der Waals surface area contributed by atoms with Gasteiger partial charge in [0.25, 0.3) is 0 Å². The first-order chi connectivity index (χ1) is 7.28. The maximum atomic E-state index is 11.2. The maximum absolute atomic E-state index is 11.2. The van der Waals surface area contributed by atoms with E-state index in [2.05, 4.69) is 13.2 Å². The minimum Gasteiger partial charge on any atom is -0.505 e. The van der Waals surface area contributed by atoms with Gasteiger partial charge in [0.15, 0.2) is 0 Å². The lowest BCUT2D eigenvalue weighted by Crippen LogP contribution is -2.48. The van der Waals surface area contributed by atoms with Crippen molar-refractivity contribution in [2.24, 2.45) is 0 Å². The lowest BCUT2D eigenvalue weighted by atomic mass is 9.50. The molecule has 3 nitrogen and oxygen atoms in total. The lowest BCUT2D eigenvalue weighted by molar-refractivity contribution is -0.145. The van der Waals surface area contributed by atoms with Crippen LogP contribution in [0.4, 0.5) is 0 Å². The second-order valence-corrected chi connectivity index (χ2v) is 4.32. The van der Waals surface area contributed by atoms with Gasteiger partial charge in [0.1, 0.15) is 0 Å². The third-order valence-electron chi connectivity index (χ3n) is 2.24. The maximum Gasteiger partial charge on any atom is 0.329 e. The van der Waals surface area contributed by atoms with E-state index in [0.717, 1.165) is 6.08 Å². The van der Waals surface area contributed by atoms with Gasteiger partial charge in [-0.2, -0.15) is 0 Å². The van der Waals surface area contributed by atoms with Gasteiger partial charge >= 0.3 is 5.97 Å². The van der Waals surface area contributed by atoms with Crippen LogP contribution in [-0.2, 0) is 14.3 Å². The topological polar surface area (TPSA) is 35.5 Å².